The van der Waals surface area contributed by atoms with Crippen molar-refractivity contribution in [3.63, 3.8) is 0 Å². The van der Waals surface area contributed by atoms with Gasteiger partial charge in [0.05, 0.1) is 11.3 Å². The van der Waals surface area contributed by atoms with Crippen LogP contribution in [0.15, 0.2) is 18.2 Å². The molecule has 0 saturated heterocycles. The molecule has 1 N–H and O–H groups in total. The third kappa shape index (κ3) is 5.18. The van der Waals surface area contributed by atoms with Gasteiger partial charge in [-0.25, -0.2) is 0 Å². The Bertz CT molecular complexity index is 453. The van der Waals surface area contributed by atoms with Gasteiger partial charge in [0.25, 0.3) is 0 Å². The number of halogens is 2. The summed E-state index contributed by atoms with van der Waals surface area (Å²) in [5, 5.41) is 11.9. The number of nitrogens with one attached hydrogen (secondary N) is 1. The Hall–Kier alpha value is -0.890. The maximum absolute atomic E-state index is 11.8. The molecule has 3 nitrogen and oxygen atoms in total. The van der Waals surface area contributed by atoms with E-state index in [0.717, 1.165) is 0 Å². The molecule has 0 bridgehead atoms. The number of carbonyl (C=O) groups is 1. The predicted molar refractivity (Wildman–Crippen MR) is 77.2 cm³/mol. The standard InChI is InChI=1S/C12H12Cl2N2OS/c1-8(18-4-2-3-15)12(17)16-11-6-9(13)5-10(14)7-11/h5-8H,2,4H2,1H3,(H,16,17). The Kier molecular flexibility index (Phi) is 6.34. The van der Waals surface area contributed by atoms with Crippen LogP contribution >= 0.6 is 35.0 Å². The van der Waals surface area contributed by atoms with Gasteiger partial charge in [-0.15, -0.1) is 11.8 Å². The van der Waals surface area contributed by atoms with Crippen molar-refractivity contribution in [3.8, 4) is 6.07 Å². The largest absolute Gasteiger partial charge is 0.325 e. The van der Waals surface area contributed by atoms with Crippen LogP contribution < -0.4 is 5.32 Å². The van der Waals surface area contributed by atoms with Crippen molar-refractivity contribution in [1.82, 2.24) is 0 Å². The Balaban J connectivity index is 2.56. The number of amides is 1. The van der Waals surface area contributed by atoms with Crippen LogP contribution in [0.2, 0.25) is 10.0 Å². The van der Waals surface area contributed by atoms with E-state index in [1.807, 2.05) is 6.07 Å². The molecule has 0 radical (unpaired) electrons. The van der Waals surface area contributed by atoms with Crippen molar-refractivity contribution >= 4 is 46.6 Å². The summed E-state index contributed by atoms with van der Waals surface area (Å²) in [6.07, 6.45) is 0.436. The summed E-state index contributed by atoms with van der Waals surface area (Å²) in [5.41, 5.74) is 0.574. The number of nitrogens with zero attached hydrogens (tertiary/aromatic N) is 1. The summed E-state index contributed by atoms with van der Waals surface area (Å²) < 4.78 is 0. The van der Waals surface area contributed by atoms with Gasteiger partial charge in [0.2, 0.25) is 5.91 Å². The summed E-state index contributed by atoms with van der Waals surface area (Å²) in [6.45, 7) is 1.80. The van der Waals surface area contributed by atoms with E-state index in [1.54, 1.807) is 25.1 Å². The van der Waals surface area contributed by atoms with Crippen molar-refractivity contribution in [2.24, 2.45) is 0 Å². The molecule has 96 valence electrons. The van der Waals surface area contributed by atoms with E-state index in [4.69, 9.17) is 28.5 Å². The zero-order chi connectivity index (χ0) is 13.5. The zero-order valence-corrected chi connectivity index (χ0v) is 12.1. The summed E-state index contributed by atoms with van der Waals surface area (Å²) in [6, 6.07) is 6.91. The van der Waals surface area contributed by atoms with E-state index >= 15 is 0 Å². The smallest absolute Gasteiger partial charge is 0.237 e. The van der Waals surface area contributed by atoms with E-state index in [-0.39, 0.29) is 11.2 Å². The molecule has 0 saturated carbocycles. The predicted octanol–water partition coefficient (Wildman–Crippen LogP) is 3.97. The SMILES string of the molecule is CC(SCCC#N)C(=O)Nc1cc(Cl)cc(Cl)c1. The molecule has 0 heterocycles. The first kappa shape index (κ1) is 15.2. The fourth-order valence-corrected chi connectivity index (χ4v) is 2.53. The second-order valence-electron chi connectivity index (χ2n) is 3.57. The van der Waals surface area contributed by atoms with Gasteiger partial charge in [0, 0.05) is 27.9 Å². The number of rotatable bonds is 5. The number of benzene rings is 1. The van der Waals surface area contributed by atoms with Gasteiger partial charge >= 0.3 is 0 Å². The van der Waals surface area contributed by atoms with Crippen molar-refractivity contribution < 1.29 is 4.79 Å². The van der Waals surface area contributed by atoms with Crippen LogP contribution in [0, 0.1) is 11.3 Å². The molecular weight excluding hydrogens is 291 g/mol. The number of hydrogen-bond donors (Lipinski definition) is 1. The monoisotopic (exact) mass is 302 g/mol. The molecule has 1 aromatic carbocycles. The topological polar surface area (TPSA) is 52.9 Å². The number of hydrogen-bond acceptors (Lipinski definition) is 3. The summed E-state index contributed by atoms with van der Waals surface area (Å²) in [4.78, 5) is 11.8. The number of carbonyl (C=O) groups excluding carboxylic acids is 1. The highest BCUT2D eigenvalue weighted by molar-refractivity contribution is 8.00. The maximum atomic E-state index is 11.8. The molecule has 0 aliphatic rings. The second-order valence-corrected chi connectivity index (χ2v) is 5.89. The Morgan fingerprint density at radius 3 is 2.61 bits per heavy atom. The number of anilines is 1. The highest BCUT2D eigenvalue weighted by atomic mass is 35.5. The van der Waals surface area contributed by atoms with Crippen LogP contribution in [0.25, 0.3) is 0 Å². The molecule has 6 heteroatoms. The minimum absolute atomic E-state index is 0.128. The normalized spacial score (nSPS) is 11.7. The van der Waals surface area contributed by atoms with E-state index < -0.39 is 0 Å². The fraction of sp³-hybridized carbons (Fsp3) is 0.333. The maximum Gasteiger partial charge on any atom is 0.237 e. The van der Waals surface area contributed by atoms with Gasteiger partial charge < -0.3 is 5.32 Å². The van der Waals surface area contributed by atoms with Crippen molar-refractivity contribution in [2.75, 3.05) is 11.1 Å². The highest BCUT2D eigenvalue weighted by Crippen LogP contribution is 2.23. The van der Waals surface area contributed by atoms with Crippen LogP contribution in [-0.4, -0.2) is 16.9 Å². The third-order valence-corrected chi connectivity index (χ3v) is 3.67. The van der Waals surface area contributed by atoms with Crippen LogP contribution in [-0.2, 0) is 4.79 Å². The summed E-state index contributed by atoms with van der Waals surface area (Å²) >= 11 is 13.1. The van der Waals surface area contributed by atoms with Gasteiger partial charge in [-0.2, -0.15) is 5.26 Å². The molecule has 18 heavy (non-hydrogen) atoms. The average molecular weight is 303 g/mol. The second kappa shape index (κ2) is 7.52. The lowest BCUT2D eigenvalue weighted by Gasteiger charge is -2.11. The fourth-order valence-electron chi connectivity index (χ4n) is 1.23. The van der Waals surface area contributed by atoms with E-state index in [2.05, 4.69) is 5.32 Å². The molecule has 0 aliphatic heterocycles. The third-order valence-electron chi connectivity index (χ3n) is 2.08. The Morgan fingerprint density at radius 1 is 1.44 bits per heavy atom. The Morgan fingerprint density at radius 2 is 2.06 bits per heavy atom. The van der Waals surface area contributed by atoms with E-state index in [9.17, 15) is 4.79 Å². The van der Waals surface area contributed by atoms with Crippen molar-refractivity contribution in [3.05, 3.63) is 28.2 Å². The average Bonchev–Trinajstić information content (AvgIpc) is 2.27. The number of thioether (sulfide) groups is 1. The van der Waals surface area contributed by atoms with Crippen molar-refractivity contribution in [2.45, 2.75) is 18.6 Å². The molecule has 1 amide bonds. The minimum atomic E-state index is -0.226. The van der Waals surface area contributed by atoms with Crippen LogP contribution in [0.3, 0.4) is 0 Å². The lowest BCUT2D eigenvalue weighted by atomic mass is 10.3. The van der Waals surface area contributed by atoms with E-state index in [1.165, 1.54) is 11.8 Å². The minimum Gasteiger partial charge on any atom is -0.325 e. The first-order chi connectivity index (χ1) is 8.52. The Labute approximate surface area is 120 Å². The molecule has 1 unspecified atom stereocenters. The first-order valence-corrected chi connectivity index (χ1v) is 7.09. The highest BCUT2D eigenvalue weighted by Gasteiger charge is 2.13. The molecule has 0 spiro atoms. The van der Waals surface area contributed by atoms with Crippen LogP contribution in [0.4, 0.5) is 5.69 Å². The summed E-state index contributed by atoms with van der Waals surface area (Å²) in [7, 11) is 0. The molecular formula is C12H12Cl2N2OS. The van der Waals surface area contributed by atoms with Gasteiger partial charge in [-0.05, 0) is 25.1 Å². The van der Waals surface area contributed by atoms with Crippen molar-refractivity contribution in [1.29, 1.82) is 5.26 Å². The zero-order valence-electron chi connectivity index (χ0n) is 9.74. The lowest BCUT2D eigenvalue weighted by Crippen LogP contribution is -2.22. The summed E-state index contributed by atoms with van der Waals surface area (Å²) in [5.74, 6) is 0.512. The molecule has 0 aliphatic carbocycles. The van der Waals surface area contributed by atoms with Crippen LogP contribution in [0.1, 0.15) is 13.3 Å². The van der Waals surface area contributed by atoms with E-state index in [0.29, 0.717) is 27.9 Å². The lowest BCUT2D eigenvalue weighted by molar-refractivity contribution is -0.115. The van der Waals surface area contributed by atoms with Gasteiger partial charge in [-0.3, -0.25) is 4.79 Å². The first-order valence-electron chi connectivity index (χ1n) is 5.28. The quantitative estimate of drug-likeness (QED) is 0.837. The van der Waals surface area contributed by atoms with Gasteiger partial charge in [-0.1, -0.05) is 23.2 Å². The van der Waals surface area contributed by atoms with Gasteiger partial charge in [0.1, 0.15) is 0 Å². The molecule has 0 fully saturated rings. The number of nitriles is 1. The van der Waals surface area contributed by atoms with Gasteiger partial charge in [0.15, 0.2) is 0 Å². The molecule has 1 aromatic rings. The molecule has 0 aromatic heterocycles. The molecule has 1 rings (SSSR count). The van der Waals surface area contributed by atoms with Crippen LogP contribution in [0.5, 0.6) is 0 Å². The molecule has 1 atom stereocenters.